The molecule has 20 heavy (non-hydrogen) atoms. The Balaban J connectivity index is 2.29. The van der Waals surface area contributed by atoms with Gasteiger partial charge in [-0.05, 0) is 24.3 Å². The lowest BCUT2D eigenvalue weighted by molar-refractivity contribution is 0.275. The minimum atomic E-state index is -3.75. The molecule has 1 N–H and O–H groups in total. The van der Waals surface area contributed by atoms with Gasteiger partial charge in [-0.15, -0.1) is 0 Å². The first-order chi connectivity index (χ1) is 9.45. The molecule has 0 saturated heterocycles. The third kappa shape index (κ3) is 2.90. The van der Waals surface area contributed by atoms with Gasteiger partial charge >= 0.3 is 0 Å². The topological polar surface area (TPSA) is 70.8 Å². The Morgan fingerprint density at radius 3 is 2.70 bits per heavy atom. The van der Waals surface area contributed by atoms with Gasteiger partial charge in [-0.3, -0.25) is 0 Å². The monoisotopic (exact) mass is 299 g/mol. The van der Waals surface area contributed by atoms with E-state index in [2.05, 4.69) is 0 Å². The lowest BCUT2D eigenvalue weighted by Crippen LogP contribution is -2.26. The van der Waals surface area contributed by atoms with E-state index in [-0.39, 0.29) is 17.0 Å². The molecule has 7 heteroatoms. The molecule has 0 fully saturated rings. The van der Waals surface area contributed by atoms with Gasteiger partial charge in [0.2, 0.25) is 10.0 Å². The Labute approximate surface area is 116 Å². The van der Waals surface area contributed by atoms with Crippen molar-refractivity contribution in [3.8, 4) is 0 Å². The summed E-state index contributed by atoms with van der Waals surface area (Å²) < 4.78 is 44.0. The zero-order chi connectivity index (χ0) is 14.8. The number of halogens is 1. The number of hydrogen-bond donors (Lipinski definition) is 1. The molecule has 0 radical (unpaired) electrons. The smallest absolute Gasteiger partial charge is 0.243 e. The van der Waals surface area contributed by atoms with Crippen LogP contribution in [0.2, 0.25) is 0 Å². The van der Waals surface area contributed by atoms with Gasteiger partial charge in [-0.2, -0.15) is 4.31 Å². The van der Waals surface area contributed by atoms with Crippen molar-refractivity contribution in [1.82, 2.24) is 4.31 Å². The maximum atomic E-state index is 13.3. The summed E-state index contributed by atoms with van der Waals surface area (Å²) in [6.07, 6.45) is 2.91. The standard InChI is InChI=1S/C13H14FNO4S/c1-15(7-10-4-5-19-9-10)20(17,18)12-2-3-13(14)11(6-12)8-16/h2-6,9,16H,7-8H2,1H3. The van der Waals surface area contributed by atoms with Crippen LogP contribution in [-0.4, -0.2) is 24.9 Å². The van der Waals surface area contributed by atoms with Crippen molar-refractivity contribution in [3.63, 3.8) is 0 Å². The summed E-state index contributed by atoms with van der Waals surface area (Å²) >= 11 is 0. The zero-order valence-electron chi connectivity index (χ0n) is 10.8. The van der Waals surface area contributed by atoms with Crippen molar-refractivity contribution >= 4 is 10.0 Å². The summed E-state index contributed by atoms with van der Waals surface area (Å²) in [6.45, 7) is -0.411. The molecule has 0 amide bonds. The van der Waals surface area contributed by atoms with Crippen LogP contribution in [0.5, 0.6) is 0 Å². The Morgan fingerprint density at radius 1 is 1.35 bits per heavy atom. The third-order valence-corrected chi connectivity index (χ3v) is 4.68. The van der Waals surface area contributed by atoms with Crippen molar-refractivity contribution in [2.45, 2.75) is 18.0 Å². The molecule has 0 aliphatic carbocycles. The highest BCUT2D eigenvalue weighted by molar-refractivity contribution is 7.89. The predicted molar refractivity (Wildman–Crippen MR) is 69.7 cm³/mol. The molecule has 0 bridgehead atoms. The van der Waals surface area contributed by atoms with E-state index < -0.39 is 22.4 Å². The number of hydrogen-bond acceptors (Lipinski definition) is 4. The molecule has 2 aromatic rings. The highest BCUT2D eigenvalue weighted by Gasteiger charge is 2.22. The van der Waals surface area contributed by atoms with Crippen LogP contribution in [0.15, 0.2) is 46.1 Å². The summed E-state index contributed by atoms with van der Waals surface area (Å²) in [6, 6.07) is 5.01. The number of furan rings is 1. The van der Waals surface area contributed by atoms with Crippen LogP contribution in [0.25, 0.3) is 0 Å². The summed E-state index contributed by atoms with van der Waals surface area (Å²) in [4.78, 5) is -0.0612. The molecular formula is C13H14FNO4S. The molecule has 0 aliphatic rings. The molecule has 5 nitrogen and oxygen atoms in total. The van der Waals surface area contributed by atoms with E-state index >= 15 is 0 Å². The van der Waals surface area contributed by atoms with Crippen molar-refractivity contribution in [2.24, 2.45) is 0 Å². The van der Waals surface area contributed by atoms with E-state index in [4.69, 9.17) is 9.52 Å². The molecule has 1 heterocycles. The van der Waals surface area contributed by atoms with E-state index in [0.717, 1.165) is 16.4 Å². The van der Waals surface area contributed by atoms with Crippen molar-refractivity contribution in [1.29, 1.82) is 0 Å². The molecule has 0 spiro atoms. The van der Waals surface area contributed by atoms with Gasteiger partial charge in [-0.25, -0.2) is 12.8 Å². The van der Waals surface area contributed by atoms with Gasteiger partial charge in [0, 0.05) is 24.7 Å². The largest absolute Gasteiger partial charge is 0.472 e. The van der Waals surface area contributed by atoms with E-state index in [1.165, 1.54) is 25.6 Å². The SMILES string of the molecule is CN(Cc1ccoc1)S(=O)(=O)c1ccc(F)c(CO)c1. The molecule has 0 unspecified atom stereocenters. The average molecular weight is 299 g/mol. The molecule has 0 aliphatic heterocycles. The second-order valence-corrected chi connectivity index (χ2v) is 6.35. The minimum absolute atomic E-state index is 0.0530. The fourth-order valence-electron chi connectivity index (χ4n) is 1.74. The summed E-state index contributed by atoms with van der Waals surface area (Å²) in [7, 11) is -2.33. The van der Waals surface area contributed by atoms with Crippen molar-refractivity contribution in [2.75, 3.05) is 7.05 Å². The number of aliphatic hydroxyl groups excluding tert-OH is 1. The van der Waals surface area contributed by atoms with Crippen LogP contribution < -0.4 is 0 Å². The van der Waals surface area contributed by atoms with Gasteiger partial charge in [0.25, 0.3) is 0 Å². The maximum Gasteiger partial charge on any atom is 0.243 e. The Morgan fingerprint density at radius 2 is 2.10 bits per heavy atom. The van der Waals surface area contributed by atoms with Crippen LogP contribution in [-0.2, 0) is 23.2 Å². The van der Waals surface area contributed by atoms with Crippen LogP contribution in [0.3, 0.4) is 0 Å². The molecular weight excluding hydrogens is 285 g/mol. The average Bonchev–Trinajstić information content (AvgIpc) is 2.91. The lowest BCUT2D eigenvalue weighted by atomic mass is 10.2. The number of aliphatic hydroxyl groups is 1. The van der Waals surface area contributed by atoms with Crippen LogP contribution in [0.4, 0.5) is 4.39 Å². The Bertz CT molecular complexity index is 682. The van der Waals surface area contributed by atoms with Crippen molar-refractivity contribution in [3.05, 3.63) is 53.7 Å². The second kappa shape index (κ2) is 5.74. The third-order valence-electron chi connectivity index (χ3n) is 2.88. The minimum Gasteiger partial charge on any atom is -0.472 e. The number of sulfonamides is 1. The first-order valence-corrected chi connectivity index (χ1v) is 7.26. The summed E-state index contributed by atoms with van der Waals surface area (Å²) in [5.74, 6) is -0.635. The molecule has 2 rings (SSSR count). The first kappa shape index (κ1) is 14.7. The van der Waals surface area contributed by atoms with Crippen LogP contribution in [0.1, 0.15) is 11.1 Å². The number of nitrogens with zero attached hydrogens (tertiary/aromatic N) is 1. The Hall–Kier alpha value is -1.70. The quantitative estimate of drug-likeness (QED) is 0.913. The van der Waals surface area contributed by atoms with Crippen LogP contribution >= 0.6 is 0 Å². The van der Waals surface area contributed by atoms with E-state index in [1.807, 2.05) is 0 Å². The maximum absolute atomic E-state index is 13.3. The lowest BCUT2D eigenvalue weighted by Gasteiger charge is -2.16. The van der Waals surface area contributed by atoms with Crippen molar-refractivity contribution < 1.29 is 22.3 Å². The van der Waals surface area contributed by atoms with E-state index in [1.54, 1.807) is 6.07 Å². The predicted octanol–water partition coefficient (Wildman–Crippen LogP) is 1.73. The molecule has 0 atom stereocenters. The normalized spacial score (nSPS) is 12.0. The molecule has 1 aromatic heterocycles. The number of benzene rings is 1. The molecule has 108 valence electrons. The molecule has 0 saturated carbocycles. The number of rotatable bonds is 5. The first-order valence-electron chi connectivity index (χ1n) is 5.82. The summed E-state index contributed by atoms with van der Waals surface area (Å²) in [5, 5.41) is 8.99. The zero-order valence-corrected chi connectivity index (χ0v) is 11.6. The second-order valence-electron chi connectivity index (χ2n) is 4.30. The van der Waals surface area contributed by atoms with Gasteiger partial charge in [0.15, 0.2) is 0 Å². The summed E-state index contributed by atoms with van der Waals surface area (Å²) in [5.41, 5.74) is 0.656. The van der Waals surface area contributed by atoms with Gasteiger partial charge in [0.1, 0.15) is 5.82 Å². The van der Waals surface area contributed by atoms with Gasteiger partial charge < -0.3 is 9.52 Å². The highest BCUT2D eigenvalue weighted by Crippen LogP contribution is 2.20. The van der Waals surface area contributed by atoms with Crippen LogP contribution in [0, 0.1) is 5.82 Å². The fourth-order valence-corrected chi connectivity index (χ4v) is 2.95. The fraction of sp³-hybridized carbons (Fsp3) is 0.231. The molecule has 1 aromatic carbocycles. The van der Waals surface area contributed by atoms with Gasteiger partial charge in [-0.1, -0.05) is 0 Å². The van der Waals surface area contributed by atoms with E-state index in [9.17, 15) is 12.8 Å². The van der Waals surface area contributed by atoms with Gasteiger partial charge in [0.05, 0.1) is 24.0 Å². The highest BCUT2D eigenvalue weighted by atomic mass is 32.2. The Kier molecular flexibility index (Phi) is 4.22. The van der Waals surface area contributed by atoms with E-state index in [0.29, 0.717) is 5.56 Å².